The Morgan fingerprint density at radius 3 is 0.659 bits per heavy atom. The van der Waals surface area contributed by atoms with Crippen LogP contribution in [0, 0.1) is 32.5 Å². The number of rotatable bonds is 0. The molecular weight excluding hydrogens is 516 g/mol. The Morgan fingerprint density at radius 2 is 0.512 bits per heavy atom. The highest BCUT2D eigenvalue weighted by Gasteiger charge is 2.43. The number of hydrogen-bond donors (Lipinski definition) is 0. The molecule has 0 radical (unpaired) electrons. The number of ether oxygens (including phenoxy) is 6. The highest BCUT2D eigenvalue weighted by atomic mass is 16.7. The van der Waals surface area contributed by atoms with Crippen molar-refractivity contribution in [2.45, 2.75) is 144 Å². The van der Waals surface area contributed by atoms with Gasteiger partial charge in [-0.1, -0.05) is 125 Å². The largest absolute Gasteiger partial charge is 0.458 e. The molecule has 0 spiro atoms. The molecule has 0 saturated heterocycles. The summed E-state index contributed by atoms with van der Waals surface area (Å²) in [4.78, 5) is 0. The Kier molecular flexibility index (Phi) is 10.8. The zero-order valence-electron chi connectivity index (χ0n) is 30.4. The summed E-state index contributed by atoms with van der Waals surface area (Å²) >= 11 is 0. The third-order valence-corrected chi connectivity index (χ3v) is 6.21. The van der Waals surface area contributed by atoms with Crippen LogP contribution in [0.2, 0.25) is 0 Å². The lowest BCUT2D eigenvalue weighted by atomic mass is 9.85. The summed E-state index contributed by atoms with van der Waals surface area (Å²) in [6.07, 6.45) is 0. The molecule has 0 aromatic carbocycles. The first kappa shape index (κ1) is 37.0. The smallest absolute Gasteiger partial charge is 0.245 e. The standard InChI is InChI=1S/C13H24O2.2C11H20O2/c1-11(2,3)9-10(12(4,5)6)15-13(7,8)14-9;2*1-10(2,3)8-9(11(4,5)6)13-7-12-8/h1-8H3;2*7H2,1-6H3. The van der Waals surface area contributed by atoms with Crippen molar-refractivity contribution in [1.29, 1.82) is 0 Å². The van der Waals surface area contributed by atoms with Crippen molar-refractivity contribution in [2.24, 2.45) is 32.5 Å². The van der Waals surface area contributed by atoms with Crippen molar-refractivity contribution >= 4 is 0 Å². The van der Waals surface area contributed by atoms with E-state index in [0.717, 1.165) is 34.6 Å². The molecule has 0 aromatic rings. The lowest BCUT2D eigenvalue weighted by Crippen LogP contribution is -2.23. The van der Waals surface area contributed by atoms with E-state index >= 15 is 0 Å². The summed E-state index contributed by atoms with van der Waals surface area (Å²) in [6.45, 7) is 43.3. The second-order valence-corrected chi connectivity index (χ2v) is 17.9. The lowest BCUT2D eigenvalue weighted by Gasteiger charge is -2.24. The van der Waals surface area contributed by atoms with Gasteiger partial charge in [-0.15, -0.1) is 0 Å². The molecule has 41 heavy (non-hydrogen) atoms. The molecule has 0 aliphatic carbocycles. The summed E-state index contributed by atoms with van der Waals surface area (Å²) in [5.41, 5.74) is 0.156. The first-order valence-corrected chi connectivity index (χ1v) is 15.0. The molecule has 0 fully saturated rings. The monoisotopic (exact) mass is 580 g/mol. The van der Waals surface area contributed by atoms with Gasteiger partial charge < -0.3 is 28.4 Å². The third kappa shape index (κ3) is 10.7. The minimum atomic E-state index is -0.523. The minimum Gasteiger partial charge on any atom is -0.458 e. The van der Waals surface area contributed by atoms with Crippen LogP contribution >= 0.6 is 0 Å². The Morgan fingerprint density at radius 1 is 0.341 bits per heavy atom. The Bertz CT molecular complexity index is 870. The molecular formula is C35H64O6. The summed E-state index contributed by atoms with van der Waals surface area (Å²) in [6, 6.07) is 0. The van der Waals surface area contributed by atoms with Gasteiger partial charge in [0.25, 0.3) is 0 Å². The van der Waals surface area contributed by atoms with Crippen LogP contribution in [0.5, 0.6) is 0 Å². The Hall–Kier alpha value is -1.98. The van der Waals surface area contributed by atoms with Gasteiger partial charge in [-0.2, -0.15) is 0 Å². The van der Waals surface area contributed by atoms with Gasteiger partial charge in [-0.25, -0.2) is 0 Å². The highest BCUT2D eigenvalue weighted by molar-refractivity contribution is 5.19. The van der Waals surface area contributed by atoms with Crippen molar-refractivity contribution in [3.8, 4) is 0 Å². The van der Waals surface area contributed by atoms with Crippen LogP contribution in [0.4, 0.5) is 0 Å². The van der Waals surface area contributed by atoms with E-state index in [4.69, 9.17) is 28.4 Å². The summed E-state index contributed by atoms with van der Waals surface area (Å²) in [7, 11) is 0. The number of allylic oxidation sites excluding steroid dienone is 6. The maximum atomic E-state index is 5.91. The number of hydrogen-bond acceptors (Lipinski definition) is 6. The van der Waals surface area contributed by atoms with Crippen molar-refractivity contribution < 1.29 is 28.4 Å². The van der Waals surface area contributed by atoms with Crippen molar-refractivity contribution in [1.82, 2.24) is 0 Å². The third-order valence-electron chi connectivity index (χ3n) is 6.21. The van der Waals surface area contributed by atoms with Crippen molar-refractivity contribution in [3.05, 3.63) is 34.6 Å². The minimum absolute atomic E-state index is 0.00359. The Balaban J connectivity index is 0.000000309. The van der Waals surface area contributed by atoms with E-state index in [0.29, 0.717) is 13.6 Å². The summed E-state index contributed by atoms with van der Waals surface area (Å²) in [5.74, 6) is 5.45. The van der Waals surface area contributed by atoms with Gasteiger partial charge in [0.15, 0.2) is 0 Å². The molecule has 0 bridgehead atoms. The van der Waals surface area contributed by atoms with E-state index < -0.39 is 5.79 Å². The summed E-state index contributed by atoms with van der Waals surface area (Å²) in [5, 5.41) is 0. The average Bonchev–Trinajstić information content (AvgIpc) is 3.43. The van der Waals surface area contributed by atoms with Crippen LogP contribution in [-0.4, -0.2) is 19.4 Å². The van der Waals surface area contributed by atoms with Crippen molar-refractivity contribution in [2.75, 3.05) is 13.6 Å². The topological polar surface area (TPSA) is 55.4 Å². The fourth-order valence-electron chi connectivity index (χ4n) is 4.38. The normalized spacial score (nSPS) is 19.6. The average molecular weight is 581 g/mol. The maximum Gasteiger partial charge on any atom is 0.245 e. The summed E-state index contributed by atoms with van der Waals surface area (Å²) < 4.78 is 33.9. The maximum absolute atomic E-state index is 5.91. The fraction of sp³-hybridized carbons (Fsp3) is 0.829. The van der Waals surface area contributed by atoms with Gasteiger partial charge in [0.1, 0.15) is 34.6 Å². The van der Waals surface area contributed by atoms with E-state index in [1.54, 1.807) is 0 Å². The second kappa shape index (κ2) is 12.0. The van der Waals surface area contributed by atoms with E-state index in [-0.39, 0.29) is 32.5 Å². The van der Waals surface area contributed by atoms with Crippen LogP contribution in [0.3, 0.4) is 0 Å². The predicted octanol–water partition coefficient (Wildman–Crippen LogP) is 10.7. The first-order valence-electron chi connectivity index (χ1n) is 15.0. The molecule has 240 valence electrons. The second-order valence-electron chi connectivity index (χ2n) is 17.9. The van der Waals surface area contributed by atoms with Crippen LogP contribution in [0.15, 0.2) is 34.6 Å². The highest BCUT2D eigenvalue weighted by Crippen LogP contribution is 2.46. The molecule has 6 heteroatoms. The van der Waals surface area contributed by atoms with Gasteiger partial charge in [0.2, 0.25) is 19.4 Å². The molecule has 0 amide bonds. The zero-order chi connectivity index (χ0) is 32.6. The molecule has 0 saturated carbocycles. The van der Waals surface area contributed by atoms with Gasteiger partial charge in [-0.05, 0) is 0 Å². The van der Waals surface area contributed by atoms with Gasteiger partial charge in [0.05, 0.1) is 0 Å². The quantitative estimate of drug-likeness (QED) is 0.284. The molecule has 3 heterocycles. The van der Waals surface area contributed by atoms with Gasteiger partial charge in [-0.3, -0.25) is 0 Å². The molecule has 0 atom stereocenters. The predicted molar refractivity (Wildman–Crippen MR) is 168 cm³/mol. The molecule has 6 nitrogen and oxygen atoms in total. The lowest BCUT2D eigenvalue weighted by molar-refractivity contribution is -0.135. The van der Waals surface area contributed by atoms with Crippen LogP contribution in [-0.2, 0) is 28.4 Å². The molecule has 0 unspecified atom stereocenters. The van der Waals surface area contributed by atoms with E-state index in [2.05, 4.69) is 125 Å². The zero-order valence-corrected chi connectivity index (χ0v) is 30.4. The molecule has 3 aliphatic rings. The molecule has 3 aliphatic heterocycles. The first-order chi connectivity index (χ1) is 17.9. The van der Waals surface area contributed by atoms with E-state index in [9.17, 15) is 0 Å². The van der Waals surface area contributed by atoms with E-state index in [1.807, 2.05) is 13.8 Å². The SMILES string of the molecule is CC(C)(C)C1=C(C(C)(C)C)OCO1.CC(C)(C)C1=C(C(C)(C)C)OCO1.CC1(C)OC(C(C)(C)C)=C(C(C)(C)C)O1. The van der Waals surface area contributed by atoms with Crippen LogP contribution in [0.25, 0.3) is 0 Å². The fourth-order valence-corrected chi connectivity index (χ4v) is 4.38. The Labute approximate surface area is 253 Å². The van der Waals surface area contributed by atoms with Gasteiger partial charge >= 0.3 is 0 Å². The molecule has 3 rings (SSSR count). The van der Waals surface area contributed by atoms with Gasteiger partial charge in [0, 0.05) is 46.3 Å². The van der Waals surface area contributed by atoms with Crippen molar-refractivity contribution in [3.63, 3.8) is 0 Å². The molecule has 0 aromatic heterocycles. The van der Waals surface area contributed by atoms with Crippen LogP contribution in [0.1, 0.15) is 138 Å². The molecule has 0 N–H and O–H groups in total. The van der Waals surface area contributed by atoms with Crippen LogP contribution < -0.4 is 0 Å². The van der Waals surface area contributed by atoms with E-state index in [1.165, 1.54) is 0 Å².